The Morgan fingerprint density at radius 2 is 2.00 bits per heavy atom. The molecule has 0 radical (unpaired) electrons. The average Bonchev–Trinajstić information content (AvgIpc) is 3.21. The highest BCUT2D eigenvalue weighted by molar-refractivity contribution is 5.97. The van der Waals surface area contributed by atoms with Crippen molar-refractivity contribution in [3.63, 3.8) is 0 Å². The molecular formula is C29H31FN4O7. The van der Waals surface area contributed by atoms with Crippen LogP contribution in [0.1, 0.15) is 54.2 Å². The van der Waals surface area contributed by atoms with Gasteiger partial charge in [-0.3, -0.25) is 14.5 Å². The molecule has 5 rings (SSSR count). The van der Waals surface area contributed by atoms with Gasteiger partial charge in [0.25, 0.3) is 5.91 Å². The van der Waals surface area contributed by atoms with E-state index in [2.05, 4.69) is 0 Å². The minimum Gasteiger partial charge on any atom is -0.492 e. The highest BCUT2D eigenvalue weighted by Gasteiger charge is 2.36. The maximum atomic E-state index is 15.9. The number of methoxy groups -OCH3 is 1. The molecule has 12 heteroatoms. The Labute approximate surface area is 234 Å². The summed E-state index contributed by atoms with van der Waals surface area (Å²) in [4.78, 5) is 52.0. The van der Waals surface area contributed by atoms with E-state index >= 15 is 4.39 Å². The van der Waals surface area contributed by atoms with Crippen molar-refractivity contribution in [3.8, 4) is 5.75 Å². The summed E-state index contributed by atoms with van der Waals surface area (Å²) in [7, 11) is 1.40. The Morgan fingerprint density at radius 3 is 2.63 bits per heavy atom. The van der Waals surface area contributed by atoms with Crippen molar-refractivity contribution in [2.24, 2.45) is 5.73 Å². The number of carboxylic acids is 1. The number of carbonyl (C=O) groups excluding carboxylic acids is 2. The third-order valence-electron chi connectivity index (χ3n) is 7.88. The average molecular weight is 567 g/mol. The standard InChI is InChI=1S/C29H31FN4O7/c1-4-15(2)33-13-20(28(37)38)25(35)19-11-21(30)24(26(40-3)23(19)33)32-9-5-6-16-10-18(8-7-17(16)12-32)34-14-22(27(31)36)41-29(34)39/h7-8,10-11,13,15,22H,4-6,9,12,14H2,1-3H3,(H2,31,36)(H,37,38)/t15?,22-/m1/s1. The topological polar surface area (TPSA) is 144 Å². The molecule has 3 heterocycles. The van der Waals surface area contributed by atoms with Gasteiger partial charge in [-0.2, -0.15) is 0 Å². The molecule has 216 valence electrons. The Balaban J connectivity index is 1.58. The summed E-state index contributed by atoms with van der Waals surface area (Å²) in [5.41, 5.74) is 7.06. The molecule has 1 aromatic heterocycles. The number of benzene rings is 2. The van der Waals surface area contributed by atoms with Gasteiger partial charge in [0.2, 0.25) is 5.43 Å². The first-order chi connectivity index (χ1) is 19.5. The molecule has 11 nitrogen and oxygen atoms in total. The van der Waals surface area contributed by atoms with E-state index in [9.17, 15) is 24.3 Å². The predicted molar refractivity (Wildman–Crippen MR) is 149 cm³/mol. The fourth-order valence-corrected chi connectivity index (χ4v) is 5.55. The fraction of sp³-hybridized carbons (Fsp3) is 0.379. The third kappa shape index (κ3) is 4.83. The minimum absolute atomic E-state index is 0.0278. The van der Waals surface area contributed by atoms with Crippen LogP contribution in [0, 0.1) is 5.82 Å². The van der Waals surface area contributed by atoms with E-state index in [0.717, 1.165) is 17.2 Å². The van der Waals surface area contributed by atoms with Gasteiger partial charge in [0.15, 0.2) is 17.7 Å². The number of hydrogen-bond acceptors (Lipinski definition) is 7. The zero-order valence-electron chi connectivity index (χ0n) is 23.0. The maximum absolute atomic E-state index is 15.9. The smallest absolute Gasteiger partial charge is 0.415 e. The van der Waals surface area contributed by atoms with Crippen LogP contribution in [0.25, 0.3) is 10.9 Å². The highest BCUT2D eigenvalue weighted by atomic mass is 19.1. The van der Waals surface area contributed by atoms with Crippen LogP contribution < -0.4 is 25.7 Å². The Morgan fingerprint density at radius 1 is 1.24 bits per heavy atom. The lowest BCUT2D eigenvalue weighted by atomic mass is 10.0. The number of hydrogen-bond donors (Lipinski definition) is 2. The first-order valence-electron chi connectivity index (χ1n) is 13.4. The third-order valence-corrected chi connectivity index (χ3v) is 7.88. The molecule has 1 fully saturated rings. The predicted octanol–water partition coefficient (Wildman–Crippen LogP) is 3.58. The first-order valence-corrected chi connectivity index (χ1v) is 13.4. The van der Waals surface area contributed by atoms with Gasteiger partial charge >= 0.3 is 12.1 Å². The number of nitrogens with two attached hydrogens (primary N) is 1. The number of halogens is 1. The summed E-state index contributed by atoms with van der Waals surface area (Å²) >= 11 is 0. The van der Waals surface area contributed by atoms with Crippen molar-refractivity contribution in [2.45, 2.75) is 51.8 Å². The molecule has 0 saturated carbocycles. The molecule has 2 aliphatic rings. The first kappa shape index (κ1) is 27.9. The molecule has 41 heavy (non-hydrogen) atoms. The number of aryl methyl sites for hydroxylation is 1. The van der Waals surface area contributed by atoms with E-state index in [1.54, 1.807) is 10.6 Å². The van der Waals surface area contributed by atoms with Crippen molar-refractivity contribution in [2.75, 3.05) is 30.0 Å². The Hall–Kier alpha value is -4.61. The van der Waals surface area contributed by atoms with Crippen molar-refractivity contribution in [1.82, 2.24) is 4.57 Å². The normalized spacial score (nSPS) is 17.7. The van der Waals surface area contributed by atoms with Crippen LogP contribution in [0.15, 0.2) is 35.3 Å². The molecule has 0 spiro atoms. The van der Waals surface area contributed by atoms with E-state index in [-0.39, 0.29) is 29.4 Å². The van der Waals surface area contributed by atoms with E-state index in [1.165, 1.54) is 18.2 Å². The van der Waals surface area contributed by atoms with Crippen molar-refractivity contribution in [3.05, 3.63) is 63.2 Å². The number of pyridine rings is 1. The molecule has 3 N–H and O–H groups in total. The number of anilines is 2. The van der Waals surface area contributed by atoms with Crippen LogP contribution in [-0.4, -0.2) is 53.9 Å². The number of nitrogens with zero attached hydrogens (tertiary/aromatic N) is 3. The van der Waals surface area contributed by atoms with Gasteiger partial charge in [0.05, 0.1) is 24.6 Å². The number of aromatic nitrogens is 1. The van der Waals surface area contributed by atoms with Crippen LogP contribution in [0.4, 0.5) is 20.6 Å². The van der Waals surface area contributed by atoms with Crippen LogP contribution in [0.3, 0.4) is 0 Å². The molecule has 0 aliphatic carbocycles. The lowest BCUT2D eigenvalue weighted by Crippen LogP contribution is -2.32. The SMILES string of the molecule is CCC(C)n1cc(C(=O)O)c(=O)c2cc(F)c(N3CCCc4cc(N5C[C@H](C(N)=O)OC5=O)ccc4C3)c(OC)c21. The van der Waals surface area contributed by atoms with Crippen LogP contribution in [0.2, 0.25) is 0 Å². The molecule has 3 aromatic rings. The van der Waals surface area contributed by atoms with Crippen molar-refractivity contribution >= 4 is 40.2 Å². The van der Waals surface area contributed by atoms with E-state index in [0.29, 0.717) is 43.6 Å². The van der Waals surface area contributed by atoms with E-state index in [4.69, 9.17) is 15.2 Å². The largest absolute Gasteiger partial charge is 0.492 e. The number of rotatable bonds is 7. The number of aromatic carboxylic acids is 1. The van der Waals surface area contributed by atoms with Crippen molar-refractivity contribution < 1.29 is 33.4 Å². The molecule has 2 amide bonds. The Bertz CT molecular complexity index is 1640. The van der Waals surface area contributed by atoms with Gasteiger partial charge in [0.1, 0.15) is 11.3 Å². The summed E-state index contributed by atoms with van der Waals surface area (Å²) in [6.07, 6.45) is 1.58. The quantitative estimate of drug-likeness (QED) is 0.442. The molecule has 2 aromatic carbocycles. The van der Waals surface area contributed by atoms with E-state index in [1.807, 2.05) is 30.9 Å². The van der Waals surface area contributed by atoms with Crippen LogP contribution >= 0.6 is 0 Å². The molecule has 1 unspecified atom stereocenters. The number of fused-ring (bicyclic) bond motifs is 2. The number of cyclic esters (lactones) is 1. The molecule has 2 aliphatic heterocycles. The second-order valence-corrected chi connectivity index (χ2v) is 10.3. The summed E-state index contributed by atoms with van der Waals surface area (Å²) in [6, 6.07) is 6.37. The summed E-state index contributed by atoms with van der Waals surface area (Å²) in [5.74, 6) is -2.63. The molecule has 2 atom stereocenters. The number of carbonyl (C=O) groups is 3. The van der Waals surface area contributed by atoms with Crippen LogP contribution in [0.5, 0.6) is 5.75 Å². The van der Waals surface area contributed by atoms with E-state index < -0.39 is 40.9 Å². The maximum Gasteiger partial charge on any atom is 0.415 e. The Kier molecular flexibility index (Phi) is 7.33. The minimum atomic E-state index is -1.38. The van der Waals surface area contributed by atoms with Gasteiger partial charge in [-0.1, -0.05) is 13.0 Å². The summed E-state index contributed by atoms with van der Waals surface area (Å²) in [5, 5.41) is 9.57. The van der Waals surface area contributed by atoms with Gasteiger partial charge in [-0.25, -0.2) is 14.0 Å². The molecule has 1 saturated heterocycles. The van der Waals surface area contributed by atoms with Gasteiger partial charge in [-0.05, 0) is 55.5 Å². The van der Waals surface area contributed by atoms with Crippen molar-refractivity contribution in [1.29, 1.82) is 0 Å². The monoisotopic (exact) mass is 566 g/mol. The number of ether oxygens (including phenoxy) is 2. The summed E-state index contributed by atoms with van der Waals surface area (Å²) < 4.78 is 28.4. The second kappa shape index (κ2) is 10.8. The lowest BCUT2D eigenvalue weighted by Gasteiger charge is -2.28. The number of amides is 2. The van der Waals surface area contributed by atoms with Crippen LogP contribution in [-0.2, 0) is 22.5 Å². The molecular weight excluding hydrogens is 535 g/mol. The van der Waals surface area contributed by atoms with Gasteiger partial charge in [-0.15, -0.1) is 0 Å². The van der Waals surface area contributed by atoms with Gasteiger partial charge in [0, 0.05) is 31.0 Å². The lowest BCUT2D eigenvalue weighted by molar-refractivity contribution is -0.124. The highest BCUT2D eigenvalue weighted by Crippen LogP contribution is 2.41. The summed E-state index contributed by atoms with van der Waals surface area (Å²) in [6.45, 7) is 4.64. The van der Waals surface area contributed by atoms with Gasteiger partial charge < -0.3 is 29.8 Å². The number of carboxylic acid groups (broad SMARTS) is 1. The zero-order valence-corrected chi connectivity index (χ0v) is 23.0. The fourth-order valence-electron chi connectivity index (χ4n) is 5.55. The molecule has 0 bridgehead atoms. The zero-order chi connectivity index (χ0) is 29.6. The second-order valence-electron chi connectivity index (χ2n) is 10.3. The number of primary amides is 1.